The summed E-state index contributed by atoms with van der Waals surface area (Å²) in [5, 5.41) is 10.8. The molecular formula is C18H25NO6. The summed E-state index contributed by atoms with van der Waals surface area (Å²) in [5.41, 5.74) is 0.689. The maximum absolute atomic E-state index is 12.0. The number of ether oxygens (including phenoxy) is 3. The zero-order chi connectivity index (χ0) is 18.7. The number of phenolic OH excluding ortho intramolecular Hbond substituents is 1. The van der Waals surface area contributed by atoms with Crippen LogP contribution in [0.4, 0.5) is 0 Å². The van der Waals surface area contributed by atoms with Gasteiger partial charge in [-0.05, 0) is 26.9 Å². The molecule has 1 aromatic carbocycles. The zero-order valence-electron chi connectivity index (χ0n) is 15.3. The van der Waals surface area contributed by atoms with Gasteiger partial charge in [0.1, 0.15) is 29.4 Å². The fourth-order valence-corrected chi connectivity index (χ4v) is 3.46. The van der Waals surface area contributed by atoms with Crippen molar-refractivity contribution >= 4 is 11.8 Å². The number of likely N-dealkylation sites (N-methyl/N-ethyl adjacent to an activating group) is 1. The number of nitrogens with zero attached hydrogens (tertiary/aromatic N) is 1. The van der Waals surface area contributed by atoms with Crippen LogP contribution in [0.1, 0.15) is 42.1 Å². The van der Waals surface area contributed by atoms with E-state index in [0.29, 0.717) is 11.3 Å². The van der Waals surface area contributed by atoms with Crippen molar-refractivity contribution in [2.45, 2.75) is 32.2 Å². The Hall–Kier alpha value is -2.28. The van der Waals surface area contributed by atoms with Crippen LogP contribution in [0.5, 0.6) is 17.2 Å². The van der Waals surface area contributed by atoms with Gasteiger partial charge in [0.05, 0.1) is 20.3 Å². The highest BCUT2D eigenvalue weighted by molar-refractivity contribution is 6.00. The third-order valence-corrected chi connectivity index (χ3v) is 4.71. The van der Waals surface area contributed by atoms with Crippen LogP contribution in [0.15, 0.2) is 6.07 Å². The van der Waals surface area contributed by atoms with Gasteiger partial charge in [0, 0.05) is 24.5 Å². The maximum Gasteiger partial charge on any atom is 0.302 e. The first kappa shape index (κ1) is 19.1. The Balaban J connectivity index is 2.54. The topological polar surface area (TPSA) is 85.3 Å². The van der Waals surface area contributed by atoms with Gasteiger partial charge in [-0.15, -0.1) is 0 Å². The second-order valence-electron chi connectivity index (χ2n) is 6.22. The molecule has 25 heavy (non-hydrogen) atoms. The van der Waals surface area contributed by atoms with Crippen LogP contribution in [-0.4, -0.2) is 62.2 Å². The maximum atomic E-state index is 12.0. The number of rotatable bonds is 6. The Labute approximate surface area is 147 Å². The van der Waals surface area contributed by atoms with E-state index in [0.717, 1.165) is 13.0 Å². The molecule has 0 spiro atoms. The van der Waals surface area contributed by atoms with Gasteiger partial charge in [-0.2, -0.15) is 0 Å². The Bertz CT molecular complexity index is 672. The molecule has 0 aromatic heterocycles. The minimum atomic E-state index is -0.352. The first-order chi connectivity index (χ1) is 11.8. The number of Topliss-reactive ketones (excluding diaryl/α,β-unsaturated/α-hetero) is 1. The number of hydrogen-bond donors (Lipinski definition) is 1. The van der Waals surface area contributed by atoms with E-state index in [4.69, 9.17) is 14.2 Å². The van der Waals surface area contributed by atoms with Crippen molar-refractivity contribution in [1.29, 1.82) is 0 Å². The number of likely N-dealkylation sites (tertiary alicyclic amines) is 1. The number of carbonyl (C=O) groups excluding carboxylic acids is 2. The predicted octanol–water partition coefficient (Wildman–Crippen LogP) is 1.96. The van der Waals surface area contributed by atoms with Crippen molar-refractivity contribution in [3.05, 3.63) is 17.2 Å². The first-order valence-corrected chi connectivity index (χ1v) is 8.14. The van der Waals surface area contributed by atoms with Crippen LogP contribution >= 0.6 is 0 Å². The molecule has 1 N–H and O–H groups in total. The highest BCUT2D eigenvalue weighted by Gasteiger charge is 2.38. The average Bonchev–Trinajstić information content (AvgIpc) is 2.91. The normalized spacial score (nSPS) is 20.4. The summed E-state index contributed by atoms with van der Waals surface area (Å²) in [5.74, 6) is -0.184. The van der Waals surface area contributed by atoms with E-state index in [1.54, 1.807) is 6.07 Å². The van der Waals surface area contributed by atoms with Crippen LogP contribution in [0.3, 0.4) is 0 Å². The van der Waals surface area contributed by atoms with Crippen molar-refractivity contribution in [3.63, 3.8) is 0 Å². The molecule has 7 nitrogen and oxygen atoms in total. The number of benzene rings is 1. The SMILES string of the molecule is COc1cc(OC)c([C@@H]2CCN(C)[C@H]2COC(C)=O)c(O)c1C(C)=O. The van der Waals surface area contributed by atoms with Gasteiger partial charge in [-0.25, -0.2) is 0 Å². The molecule has 1 aliphatic rings. The second-order valence-corrected chi connectivity index (χ2v) is 6.22. The fraction of sp³-hybridized carbons (Fsp3) is 0.556. The van der Waals surface area contributed by atoms with Crippen molar-refractivity contribution in [1.82, 2.24) is 4.90 Å². The number of hydrogen-bond acceptors (Lipinski definition) is 7. The van der Waals surface area contributed by atoms with Crippen LogP contribution < -0.4 is 9.47 Å². The molecule has 2 atom stereocenters. The minimum Gasteiger partial charge on any atom is -0.507 e. The lowest BCUT2D eigenvalue weighted by Crippen LogP contribution is -2.34. The predicted molar refractivity (Wildman–Crippen MR) is 91.6 cm³/mol. The number of aromatic hydroxyl groups is 1. The Morgan fingerprint density at radius 1 is 1.24 bits per heavy atom. The number of carbonyl (C=O) groups is 2. The quantitative estimate of drug-likeness (QED) is 0.619. The minimum absolute atomic E-state index is 0.114. The third-order valence-electron chi connectivity index (χ3n) is 4.71. The Morgan fingerprint density at radius 2 is 1.88 bits per heavy atom. The molecule has 1 aliphatic heterocycles. The molecular weight excluding hydrogens is 326 g/mol. The lowest BCUT2D eigenvalue weighted by molar-refractivity contribution is -0.142. The highest BCUT2D eigenvalue weighted by Crippen LogP contribution is 2.47. The van der Waals surface area contributed by atoms with Gasteiger partial charge in [0.25, 0.3) is 0 Å². The third kappa shape index (κ3) is 3.71. The van der Waals surface area contributed by atoms with Crippen molar-refractivity contribution in [2.75, 3.05) is 34.4 Å². The van der Waals surface area contributed by atoms with Crippen molar-refractivity contribution in [3.8, 4) is 17.2 Å². The lowest BCUT2D eigenvalue weighted by Gasteiger charge is -2.27. The summed E-state index contributed by atoms with van der Waals surface area (Å²) in [4.78, 5) is 25.3. The van der Waals surface area contributed by atoms with E-state index in [1.165, 1.54) is 28.1 Å². The molecule has 2 rings (SSSR count). The smallest absolute Gasteiger partial charge is 0.302 e. The number of phenols is 1. The molecule has 0 saturated carbocycles. The molecule has 1 saturated heterocycles. The number of esters is 1. The molecule has 7 heteroatoms. The summed E-state index contributed by atoms with van der Waals surface area (Å²) >= 11 is 0. The van der Waals surface area contributed by atoms with Gasteiger partial charge in [-0.1, -0.05) is 0 Å². The molecule has 1 heterocycles. The van der Waals surface area contributed by atoms with Gasteiger partial charge in [0.2, 0.25) is 0 Å². The summed E-state index contributed by atoms with van der Waals surface area (Å²) in [6.07, 6.45) is 0.746. The van der Waals surface area contributed by atoms with Crippen LogP contribution in [0.25, 0.3) is 0 Å². The lowest BCUT2D eigenvalue weighted by atomic mass is 9.88. The molecule has 138 valence electrons. The summed E-state index contributed by atoms with van der Waals surface area (Å²) < 4.78 is 15.9. The van der Waals surface area contributed by atoms with Crippen LogP contribution in [0.2, 0.25) is 0 Å². The van der Waals surface area contributed by atoms with Gasteiger partial charge in [0.15, 0.2) is 5.78 Å². The largest absolute Gasteiger partial charge is 0.507 e. The van der Waals surface area contributed by atoms with E-state index in [1.807, 2.05) is 7.05 Å². The first-order valence-electron chi connectivity index (χ1n) is 8.14. The van der Waals surface area contributed by atoms with Gasteiger partial charge < -0.3 is 19.3 Å². The van der Waals surface area contributed by atoms with Crippen molar-refractivity contribution in [2.24, 2.45) is 0 Å². The van der Waals surface area contributed by atoms with E-state index >= 15 is 0 Å². The number of ketones is 1. The Morgan fingerprint density at radius 3 is 2.40 bits per heavy atom. The van der Waals surface area contributed by atoms with E-state index < -0.39 is 0 Å². The van der Waals surface area contributed by atoms with E-state index in [2.05, 4.69) is 4.90 Å². The van der Waals surface area contributed by atoms with Crippen molar-refractivity contribution < 1.29 is 28.9 Å². The molecule has 0 amide bonds. The average molecular weight is 351 g/mol. The van der Waals surface area contributed by atoms with Crippen LogP contribution in [0, 0.1) is 0 Å². The molecule has 0 unspecified atom stereocenters. The van der Waals surface area contributed by atoms with Gasteiger partial charge >= 0.3 is 5.97 Å². The van der Waals surface area contributed by atoms with E-state index in [-0.39, 0.29) is 47.4 Å². The molecule has 1 fully saturated rings. The number of methoxy groups -OCH3 is 2. The summed E-state index contributed by atoms with van der Waals surface area (Å²) in [6.45, 7) is 3.73. The second kappa shape index (κ2) is 7.74. The molecule has 0 bridgehead atoms. The monoisotopic (exact) mass is 351 g/mol. The standard InChI is InChI=1S/C18H25NO6/c1-10(20)16-14(23-4)8-15(24-5)17(18(16)22)12-6-7-19(3)13(12)9-25-11(2)21/h8,12-13,22H,6-7,9H2,1-5H3/t12-,13+/m1/s1. The molecule has 1 aromatic rings. The zero-order valence-corrected chi connectivity index (χ0v) is 15.3. The molecule has 0 radical (unpaired) electrons. The molecule has 0 aliphatic carbocycles. The summed E-state index contributed by atoms with van der Waals surface area (Å²) in [6, 6.07) is 1.50. The highest BCUT2D eigenvalue weighted by atomic mass is 16.5. The fourth-order valence-electron chi connectivity index (χ4n) is 3.46. The van der Waals surface area contributed by atoms with Crippen LogP contribution in [-0.2, 0) is 9.53 Å². The van der Waals surface area contributed by atoms with E-state index in [9.17, 15) is 14.7 Å². The Kier molecular flexibility index (Phi) is 5.89. The summed E-state index contributed by atoms with van der Waals surface area (Å²) in [7, 11) is 4.88. The van der Waals surface area contributed by atoms with Gasteiger partial charge in [-0.3, -0.25) is 14.5 Å².